The lowest BCUT2D eigenvalue weighted by Gasteiger charge is -2.28. The van der Waals surface area contributed by atoms with E-state index in [9.17, 15) is 13.2 Å². The maximum absolute atomic E-state index is 13.1. The zero-order valence-corrected chi connectivity index (χ0v) is 22.3. The summed E-state index contributed by atoms with van der Waals surface area (Å²) >= 11 is 1.53. The highest BCUT2D eigenvalue weighted by atomic mass is 32.2. The molecule has 2 aromatic heterocycles. The number of nitrogens with zero attached hydrogens (tertiary/aromatic N) is 2. The Bertz CT molecular complexity index is 1260. The molecule has 0 radical (unpaired) electrons. The molecule has 11 heteroatoms. The number of nitrogens with one attached hydrogen (secondary N) is 2. The number of aromatic nitrogens is 2. The van der Waals surface area contributed by atoms with Crippen LogP contribution in [-0.4, -0.2) is 43.2 Å². The van der Waals surface area contributed by atoms with Crippen LogP contribution >= 0.6 is 11.3 Å². The van der Waals surface area contributed by atoms with Crippen molar-refractivity contribution >= 4 is 27.5 Å². The average Bonchev–Trinajstić information content (AvgIpc) is 3.51. The molecular formula is C25H32N4O5S2. The summed E-state index contributed by atoms with van der Waals surface area (Å²) in [6.07, 6.45) is 8.22. The third-order valence-corrected chi connectivity index (χ3v) is 8.82. The molecule has 1 aromatic carbocycles. The maximum Gasteiger partial charge on any atom is 0.407 e. The van der Waals surface area contributed by atoms with Gasteiger partial charge < -0.3 is 14.5 Å². The summed E-state index contributed by atoms with van der Waals surface area (Å²) in [7, 11) is -3.71. The standard InChI is InChI=1S/C25H32N4O5S2/c1-4-28-36(31,32)22-13-17(14-23-26-11-12-33-23)5-10-20(22)21-15-27-24(35-21)18-6-8-19(9-7-18)29-25(30)34-16(2)3/h5,10-13,15-16,18-19,28H,4,6-9,14H2,1-3H3,(H,29,30)/t18-,19-. The van der Waals surface area contributed by atoms with E-state index in [-0.39, 0.29) is 29.1 Å². The highest BCUT2D eigenvalue weighted by Gasteiger charge is 2.27. The summed E-state index contributed by atoms with van der Waals surface area (Å²) in [5, 5.41) is 3.94. The maximum atomic E-state index is 13.1. The molecule has 3 aromatic rings. The number of rotatable bonds is 9. The lowest BCUT2D eigenvalue weighted by Crippen LogP contribution is -2.38. The second kappa shape index (κ2) is 11.5. The van der Waals surface area contributed by atoms with Gasteiger partial charge in [0.15, 0.2) is 5.89 Å². The molecule has 4 rings (SSSR count). The molecule has 2 N–H and O–H groups in total. The highest BCUT2D eigenvalue weighted by molar-refractivity contribution is 7.89. The van der Waals surface area contributed by atoms with Gasteiger partial charge in [-0.2, -0.15) is 0 Å². The SMILES string of the molecule is CCNS(=O)(=O)c1cc(Cc2ncco2)ccc1-c1cnc([C@H]2CC[C@H](NC(=O)OC(C)C)CC2)s1. The van der Waals surface area contributed by atoms with E-state index in [4.69, 9.17) is 9.15 Å². The van der Waals surface area contributed by atoms with Crippen LogP contribution in [0.3, 0.4) is 0 Å². The molecule has 194 valence electrons. The number of hydrogen-bond donors (Lipinski definition) is 2. The van der Waals surface area contributed by atoms with Gasteiger partial charge in [0.1, 0.15) is 6.26 Å². The van der Waals surface area contributed by atoms with Gasteiger partial charge in [-0.3, -0.25) is 0 Å². The van der Waals surface area contributed by atoms with Crippen molar-refractivity contribution in [2.24, 2.45) is 0 Å². The topological polar surface area (TPSA) is 123 Å². The van der Waals surface area contributed by atoms with Crippen molar-refractivity contribution in [2.75, 3.05) is 6.54 Å². The Balaban J connectivity index is 1.51. The van der Waals surface area contributed by atoms with Crippen molar-refractivity contribution in [1.29, 1.82) is 0 Å². The molecule has 0 saturated heterocycles. The highest BCUT2D eigenvalue weighted by Crippen LogP contribution is 2.39. The van der Waals surface area contributed by atoms with Crippen LogP contribution in [0, 0.1) is 0 Å². The van der Waals surface area contributed by atoms with E-state index in [1.807, 2.05) is 26.0 Å². The fourth-order valence-electron chi connectivity index (χ4n) is 4.39. The molecule has 2 heterocycles. The molecular weight excluding hydrogens is 500 g/mol. The fraction of sp³-hybridized carbons (Fsp3) is 0.480. The smallest absolute Gasteiger partial charge is 0.407 e. The molecule has 0 bridgehead atoms. The number of thiazole rings is 1. The summed E-state index contributed by atoms with van der Waals surface area (Å²) in [4.78, 5) is 21.7. The fourth-order valence-corrected chi connectivity index (χ4v) is 6.89. The number of ether oxygens (including phenoxy) is 1. The molecule has 1 saturated carbocycles. The third kappa shape index (κ3) is 6.51. The molecule has 36 heavy (non-hydrogen) atoms. The molecule has 0 aliphatic heterocycles. The first-order valence-corrected chi connectivity index (χ1v) is 14.5. The monoisotopic (exact) mass is 532 g/mol. The third-order valence-electron chi connectivity index (χ3n) is 6.04. The van der Waals surface area contributed by atoms with E-state index in [0.717, 1.165) is 41.1 Å². The van der Waals surface area contributed by atoms with Crippen LogP contribution in [0.4, 0.5) is 4.79 Å². The van der Waals surface area contributed by atoms with Gasteiger partial charge in [-0.15, -0.1) is 11.3 Å². The number of carbonyl (C=O) groups excluding carboxylic acids is 1. The van der Waals surface area contributed by atoms with Crippen molar-refractivity contribution in [3.05, 3.63) is 53.3 Å². The van der Waals surface area contributed by atoms with Gasteiger partial charge in [0.25, 0.3) is 0 Å². The van der Waals surface area contributed by atoms with Crippen LogP contribution in [0.5, 0.6) is 0 Å². The lowest BCUT2D eigenvalue weighted by molar-refractivity contribution is 0.109. The normalized spacial score (nSPS) is 18.3. The largest absolute Gasteiger partial charge is 0.449 e. The van der Waals surface area contributed by atoms with Gasteiger partial charge in [0, 0.05) is 36.7 Å². The van der Waals surface area contributed by atoms with Gasteiger partial charge >= 0.3 is 6.09 Å². The predicted molar refractivity (Wildman–Crippen MR) is 137 cm³/mol. The van der Waals surface area contributed by atoms with Crippen LogP contribution < -0.4 is 10.0 Å². The average molecular weight is 533 g/mol. The van der Waals surface area contributed by atoms with Crippen molar-refractivity contribution in [3.8, 4) is 10.4 Å². The summed E-state index contributed by atoms with van der Waals surface area (Å²) in [5.74, 6) is 0.804. The zero-order valence-electron chi connectivity index (χ0n) is 20.7. The van der Waals surface area contributed by atoms with Crippen LogP contribution in [-0.2, 0) is 21.2 Å². The second-order valence-electron chi connectivity index (χ2n) is 9.14. The van der Waals surface area contributed by atoms with Crippen LogP contribution in [0.15, 0.2) is 46.2 Å². The minimum absolute atomic E-state index is 0.0972. The summed E-state index contributed by atoms with van der Waals surface area (Å²) in [6.45, 7) is 5.71. The number of hydrogen-bond acceptors (Lipinski definition) is 8. The van der Waals surface area contributed by atoms with Gasteiger partial charge in [0.05, 0.1) is 27.1 Å². The summed E-state index contributed by atoms with van der Waals surface area (Å²) < 4.78 is 39.3. The first-order chi connectivity index (χ1) is 17.2. The minimum Gasteiger partial charge on any atom is -0.449 e. The van der Waals surface area contributed by atoms with E-state index >= 15 is 0 Å². The zero-order chi connectivity index (χ0) is 25.7. The molecule has 1 aliphatic rings. The molecule has 0 unspecified atom stereocenters. The van der Waals surface area contributed by atoms with E-state index < -0.39 is 10.0 Å². The van der Waals surface area contributed by atoms with E-state index in [1.165, 1.54) is 17.6 Å². The Kier molecular flexibility index (Phi) is 8.43. The van der Waals surface area contributed by atoms with Gasteiger partial charge in [-0.1, -0.05) is 19.1 Å². The van der Waals surface area contributed by atoms with E-state index in [1.54, 1.807) is 25.4 Å². The Morgan fingerprint density at radius 2 is 2.00 bits per heavy atom. The predicted octanol–water partition coefficient (Wildman–Crippen LogP) is 4.85. The van der Waals surface area contributed by atoms with Crippen molar-refractivity contribution < 1.29 is 22.4 Å². The van der Waals surface area contributed by atoms with Crippen molar-refractivity contribution in [1.82, 2.24) is 20.0 Å². The number of amides is 1. The van der Waals surface area contributed by atoms with Gasteiger partial charge in [-0.25, -0.2) is 27.9 Å². The Morgan fingerprint density at radius 1 is 1.22 bits per heavy atom. The van der Waals surface area contributed by atoms with Crippen LogP contribution in [0.2, 0.25) is 0 Å². The Hall–Kier alpha value is -2.76. The van der Waals surface area contributed by atoms with Crippen LogP contribution in [0.1, 0.15) is 68.8 Å². The minimum atomic E-state index is -3.71. The molecule has 1 amide bonds. The summed E-state index contributed by atoms with van der Waals surface area (Å²) in [5.41, 5.74) is 1.42. The molecule has 9 nitrogen and oxygen atoms in total. The molecule has 0 atom stereocenters. The van der Waals surface area contributed by atoms with Crippen LogP contribution in [0.25, 0.3) is 10.4 Å². The van der Waals surface area contributed by atoms with Gasteiger partial charge in [-0.05, 0) is 51.2 Å². The second-order valence-corrected chi connectivity index (χ2v) is 11.9. The number of benzene rings is 1. The molecule has 1 fully saturated rings. The summed E-state index contributed by atoms with van der Waals surface area (Å²) in [6, 6.07) is 5.52. The number of alkyl carbamates (subject to hydrolysis) is 1. The van der Waals surface area contributed by atoms with Crippen molar-refractivity contribution in [3.63, 3.8) is 0 Å². The Labute approximate surface area is 215 Å². The first kappa shape index (κ1) is 26.3. The van der Waals surface area contributed by atoms with E-state index in [0.29, 0.717) is 24.4 Å². The molecule has 1 aliphatic carbocycles. The first-order valence-electron chi connectivity index (χ1n) is 12.2. The lowest BCUT2D eigenvalue weighted by atomic mass is 9.86. The quantitative estimate of drug-likeness (QED) is 0.404. The van der Waals surface area contributed by atoms with E-state index in [2.05, 4.69) is 20.0 Å². The van der Waals surface area contributed by atoms with Crippen molar-refractivity contribution in [2.45, 2.75) is 75.8 Å². The number of sulfonamides is 1. The Morgan fingerprint density at radius 3 is 2.67 bits per heavy atom. The molecule has 0 spiro atoms. The van der Waals surface area contributed by atoms with Gasteiger partial charge in [0.2, 0.25) is 10.0 Å². The number of oxazole rings is 1. The number of carbonyl (C=O) groups is 1.